The van der Waals surface area contributed by atoms with Gasteiger partial charge in [0.05, 0.1) is 17.9 Å². The van der Waals surface area contributed by atoms with Gasteiger partial charge in [-0.15, -0.1) is 0 Å². The highest BCUT2D eigenvalue weighted by Crippen LogP contribution is 2.34. The van der Waals surface area contributed by atoms with E-state index in [-0.39, 0.29) is 22.9 Å². The minimum Gasteiger partial charge on any atom is -0.494 e. The summed E-state index contributed by atoms with van der Waals surface area (Å²) in [6.07, 6.45) is 0. The first-order valence-electron chi connectivity index (χ1n) is 11.1. The summed E-state index contributed by atoms with van der Waals surface area (Å²) in [5.74, 6) is -0.0547. The third-order valence-electron chi connectivity index (χ3n) is 5.57. The fourth-order valence-corrected chi connectivity index (χ4v) is 3.81. The van der Waals surface area contributed by atoms with Crippen molar-refractivity contribution in [1.29, 1.82) is 0 Å². The summed E-state index contributed by atoms with van der Waals surface area (Å²) >= 11 is 0. The molecule has 0 unspecified atom stereocenters. The van der Waals surface area contributed by atoms with Crippen LogP contribution in [-0.4, -0.2) is 18.4 Å². The maximum Gasteiger partial charge on any atom is 0.282 e. The zero-order chi connectivity index (χ0) is 23.6. The third-order valence-corrected chi connectivity index (χ3v) is 5.57. The molecule has 3 aromatic rings. The summed E-state index contributed by atoms with van der Waals surface area (Å²) in [5, 5.41) is 3.22. The van der Waals surface area contributed by atoms with Crippen LogP contribution in [0.4, 0.5) is 11.4 Å². The third kappa shape index (κ3) is 4.53. The van der Waals surface area contributed by atoms with Gasteiger partial charge in [-0.25, -0.2) is 4.90 Å². The first-order valence-corrected chi connectivity index (χ1v) is 11.1. The minimum atomic E-state index is -0.386. The lowest BCUT2D eigenvalue weighted by atomic mass is 9.87. The standard InChI is InChI=1S/C28H28N2O3/c1-5-33-23-17-15-22(16-18-23)30-26(31)24(19-9-7-6-8-10-19)25(27(30)32)29-21-13-11-20(12-14-21)28(2,3)4/h6-18,29H,5H2,1-4H3. The van der Waals surface area contributed by atoms with Gasteiger partial charge < -0.3 is 10.1 Å². The number of nitrogens with one attached hydrogen (secondary N) is 1. The smallest absolute Gasteiger partial charge is 0.282 e. The maximum atomic E-state index is 13.5. The summed E-state index contributed by atoms with van der Waals surface area (Å²) in [6, 6.07) is 24.2. The number of hydrogen-bond donors (Lipinski definition) is 1. The van der Waals surface area contributed by atoms with E-state index in [0.29, 0.717) is 29.2 Å². The lowest BCUT2D eigenvalue weighted by Gasteiger charge is -2.19. The molecule has 0 spiro atoms. The van der Waals surface area contributed by atoms with E-state index < -0.39 is 0 Å². The number of rotatable bonds is 6. The molecule has 0 saturated carbocycles. The monoisotopic (exact) mass is 440 g/mol. The second kappa shape index (κ2) is 8.94. The van der Waals surface area contributed by atoms with Crippen molar-refractivity contribution in [3.63, 3.8) is 0 Å². The van der Waals surface area contributed by atoms with E-state index in [1.165, 1.54) is 10.5 Å². The number of amides is 2. The Morgan fingerprint density at radius 1 is 0.818 bits per heavy atom. The minimum absolute atomic E-state index is 0.0244. The highest BCUT2D eigenvalue weighted by Gasteiger charge is 2.40. The average molecular weight is 441 g/mol. The van der Waals surface area contributed by atoms with Crippen LogP contribution in [0, 0.1) is 0 Å². The van der Waals surface area contributed by atoms with Crippen molar-refractivity contribution in [2.24, 2.45) is 0 Å². The molecule has 5 heteroatoms. The topological polar surface area (TPSA) is 58.6 Å². The molecule has 0 aliphatic carbocycles. The molecule has 0 atom stereocenters. The Bertz CT molecular complexity index is 1190. The molecule has 1 heterocycles. The van der Waals surface area contributed by atoms with Crippen molar-refractivity contribution in [3.05, 3.63) is 95.7 Å². The first-order chi connectivity index (χ1) is 15.8. The number of imide groups is 1. The van der Waals surface area contributed by atoms with Crippen molar-refractivity contribution in [2.75, 3.05) is 16.8 Å². The van der Waals surface area contributed by atoms with Crippen molar-refractivity contribution in [1.82, 2.24) is 0 Å². The Labute approximate surface area is 194 Å². The molecule has 168 valence electrons. The number of carbonyl (C=O) groups is 2. The van der Waals surface area contributed by atoms with Crippen LogP contribution >= 0.6 is 0 Å². The van der Waals surface area contributed by atoms with Gasteiger partial charge >= 0.3 is 0 Å². The van der Waals surface area contributed by atoms with Gasteiger partial charge in [-0.3, -0.25) is 9.59 Å². The summed E-state index contributed by atoms with van der Waals surface area (Å²) in [7, 11) is 0. The average Bonchev–Trinajstić information content (AvgIpc) is 3.04. The van der Waals surface area contributed by atoms with E-state index in [0.717, 1.165) is 5.69 Å². The molecule has 4 rings (SSSR count). The van der Waals surface area contributed by atoms with Crippen LogP contribution in [0.3, 0.4) is 0 Å². The Balaban J connectivity index is 1.72. The van der Waals surface area contributed by atoms with Gasteiger partial charge in [0.1, 0.15) is 11.4 Å². The molecule has 0 bridgehead atoms. The predicted molar refractivity (Wildman–Crippen MR) is 132 cm³/mol. The van der Waals surface area contributed by atoms with Crippen molar-refractivity contribution in [2.45, 2.75) is 33.1 Å². The fraction of sp³-hybridized carbons (Fsp3) is 0.214. The van der Waals surface area contributed by atoms with Gasteiger partial charge in [-0.1, -0.05) is 63.2 Å². The van der Waals surface area contributed by atoms with Crippen LogP contribution in [0.2, 0.25) is 0 Å². The molecule has 3 aromatic carbocycles. The SMILES string of the molecule is CCOc1ccc(N2C(=O)C(Nc3ccc(C(C)(C)C)cc3)=C(c3ccccc3)C2=O)cc1. The second-order valence-electron chi connectivity index (χ2n) is 8.94. The number of anilines is 2. The van der Waals surface area contributed by atoms with E-state index in [1.807, 2.05) is 61.5 Å². The van der Waals surface area contributed by atoms with Crippen LogP contribution in [-0.2, 0) is 15.0 Å². The van der Waals surface area contributed by atoms with Gasteiger partial charge in [0, 0.05) is 5.69 Å². The van der Waals surface area contributed by atoms with Crippen molar-refractivity contribution >= 4 is 28.8 Å². The quantitative estimate of drug-likeness (QED) is 0.494. The van der Waals surface area contributed by atoms with E-state index >= 15 is 0 Å². The summed E-state index contributed by atoms with van der Waals surface area (Å²) in [6.45, 7) is 8.91. The molecule has 2 amide bonds. The summed E-state index contributed by atoms with van der Waals surface area (Å²) in [4.78, 5) is 28.2. The molecule has 1 aliphatic heterocycles. The van der Waals surface area contributed by atoms with Crippen molar-refractivity contribution < 1.29 is 14.3 Å². The van der Waals surface area contributed by atoms with Gasteiger partial charge in [-0.2, -0.15) is 0 Å². The highest BCUT2D eigenvalue weighted by molar-refractivity contribution is 6.46. The lowest BCUT2D eigenvalue weighted by Crippen LogP contribution is -2.32. The summed E-state index contributed by atoms with van der Waals surface area (Å²) in [5.41, 5.74) is 3.78. The molecule has 0 radical (unpaired) electrons. The fourth-order valence-electron chi connectivity index (χ4n) is 3.81. The molecule has 5 nitrogen and oxygen atoms in total. The van der Waals surface area contributed by atoms with Gasteiger partial charge in [0.25, 0.3) is 11.8 Å². The zero-order valence-electron chi connectivity index (χ0n) is 19.4. The van der Waals surface area contributed by atoms with E-state index in [9.17, 15) is 9.59 Å². The molecule has 0 saturated heterocycles. The van der Waals surface area contributed by atoms with E-state index in [1.54, 1.807) is 24.3 Å². The Hall–Kier alpha value is -3.86. The Morgan fingerprint density at radius 2 is 1.45 bits per heavy atom. The molecular weight excluding hydrogens is 412 g/mol. The molecule has 0 aromatic heterocycles. The predicted octanol–water partition coefficient (Wildman–Crippen LogP) is 5.78. The Kier molecular flexibility index (Phi) is 6.05. The van der Waals surface area contributed by atoms with Gasteiger partial charge in [0.15, 0.2) is 0 Å². The highest BCUT2D eigenvalue weighted by atomic mass is 16.5. The number of nitrogens with zero attached hydrogens (tertiary/aromatic N) is 1. The number of carbonyl (C=O) groups excluding carboxylic acids is 2. The largest absolute Gasteiger partial charge is 0.494 e. The zero-order valence-corrected chi connectivity index (χ0v) is 19.4. The molecule has 33 heavy (non-hydrogen) atoms. The molecule has 1 N–H and O–H groups in total. The van der Waals surface area contributed by atoms with Crippen LogP contribution in [0.15, 0.2) is 84.6 Å². The first kappa shape index (κ1) is 22.3. The molecule has 0 fully saturated rings. The Morgan fingerprint density at radius 3 is 2.03 bits per heavy atom. The van der Waals surface area contributed by atoms with Crippen LogP contribution in [0.5, 0.6) is 5.75 Å². The lowest BCUT2D eigenvalue weighted by molar-refractivity contribution is -0.120. The van der Waals surface area contributed by atoms with Gasteiger partial charge in [0.2, 0.25) is 0 Å². The second-order valence-corrected chi connectivity index (χ2v) is 8.94. The van der Waals surface area contributed by atoms with Crippen molar-refractivity contribution in [3.8, 4) is 5.75 Å². The molecular formula is C28H28N2O3. The van der Waals surface area contributed by atoms with Crippen LogP contribution in [0.25, 0.3) is 5.57 Å². The van der Waals surface area contributed by atoms with E-state index in [2.05, 4.69) is 26.1 Å². The maximum absolute atomic E-state index is 13.5. The van der Waals surface area contributed by atoms with Gasteiger partial charge in [-0.05, 0) is 59.9 Å². The molecule has 1 aliphatic rings. The normalized spacial score (nSPS) is 14.1. The number of ether oxygens (including phenoxy) is 1. The van der Waals surface area contributed by atoms with Crippen LogP contribution < -0.4 is 15.0 Å². The van der Waals surface area contributed by atoms with Crippen LogP contribution in [0.1, 0.15) is 38.8 Å². The summed E-state index contributed by atoms with van der Waals surface area (Å²) < 4.78 is 5.49. The van der Waals surface area contributed by atoms with E-state index in [4.69, 9.17) is 4.74 Å². The number of hydrogen-bond acceptors (Lipinski definition) is 4. The number of benzene rings is 3.